The second kappa shape index (κ2) is 5.78. The summed E-state index contributed by atoms with van der Waals surface area (Å²) in [5.74, 6) is 0.808. The van der Waals surface area contributed by atoms with Crippen molar-refractivity contribution in [2.24, 2.45) is 5.92 Å². The summed E-state index contributed by atoms with van der Waals surface area (Å²) in [5.41, 5.74) is 3.66. The number of carbonyl (C=O) groups excluding carboxylic acids is 1. The highest BCUT2D eigenvalue weighted by Crippen LogP contribution is 2.33. The van der Waals surface area contributed by atoms with Gasteiger partial charge in [-0.25, -0.2) is 0 Å². The Labute approximate surface area is 136 Å². The molecule has 1 aromatic carbocycles. The predicted octanol–water partition coefficient (Wildman–Crippen LogP) is 2.49. The van der Waals surface area contributed by atoms with Crippen molar-refractivity contribution in [2.75, 3.05) is 19.6 Å². The Balaban J connectivity index is 1.68. The van der Waals surface area contributed by atoms with Crippen molar-refractivity contribution >= 4 is 5.91 Å². The number of amides is 1. The molecule has 0 saturated carbocycles. The highest BCUT2D eigenvalue weighted by Gasteiger charge is 2.43. The molecule has 1 amide bonds. The molecule has 2 aromatic rings. The lowest BCUT2D eigenvalue weighted by molar-refractivity contribution is 0.00286. The van der Waals surface area contributed by atoms with Crippen molar-refractivity contribution < 1.29 is 4.79 Å². The van der Waals surface area contributed by atoms with Gasteiger partial charge in [-0.3, -0.25) is 9.78 Å². The van der Waals surface area contributed by atoms with Crippen LogP contribution in [0.25, 0.3) is 11.3 Å². The van der Waals surface area contributed by atoms with Gasteiger partial charge in [0.2, 0.25) is 0 Å². The molecule has 23 heavy (non-hydrogen) atoms. The zero-order chi connectivity index (χ0) is 15.8. The highest BCUT2D eigenvalue weighted by atomic mass is 16.2. The van der Waals surface area contributed by atoms with Crippen LogP contribution in [-0.4, -0.2) is 41.5 Å². The number of benzene rings is 1. The molecule has 1 N–H and O–H groups in total. The summed E-state index contributed by atoms with van der Waals surface area (Å²) in [7, 11) is 0. The second-order valence-electron chi connectivity index (χ2n) is 6.54. The van der Waals surface area contributed by atoms with Gasteiger partial charge in [0.05, 0.1) is 5.69 Å². The fourth-order valence-electron chi connectivity index (χ4n) is 3.69. The smallest absolute Gasteiger partial charge is 0.254 e. The lowest BCUT2D eigenvalue weighted by Crippen LogP contribution is -2.65. The molecule has 0 spiro atoms. The first-order valence-corrected chi connectivity index (χ1v) is 8.28. The lowest BCUT2D eigenvalue weighted by atomic mass is 9.82. The molecule has 4 nitrogen and oxygen atoms in total. The van der Waals surface area contributed by atoms with E-state index in [1.54, 1.807) is 6.20 Å². The largest absolute Gasteiger partial charge is 0.334 e. The molecule has 2 aliphatic heterocycles. The fourth-order valence-corrected chi connectivity index (χ4v) is 3.69. The molecule has 2 fully saturated rings. The Morgan fingerprint density at radius 2 is 2.22 bits per heavy atom. The van der Waals surface area contributed by atoms with E-state index in [1.807, 2.05) is 48.2 Å². The van der Waals surface area contributed by atoms with Crippen molar-refractivity contribution in [3.8, 4) is 11.3 Å². The quantitative estimate of drug-likeness (QED) is 0.927. The molecule has 4 rings (SSSR count). The number of hydrogen-bond donors (Lipinski definition) is 1. The van der Waals surface area contributed by atoms with E-state index in [2.05, 4.69) is 10.3 Å². The average Bonchev–Trinajstić information content (AvgIpc) is 2.56. The van der Waals surface area contributed by atoms with E-state index in [0.29, 0.717) is 12.0 Å². The van der Waals surface area contributed by atoms with Crippen LogP contribution < -0.4 is 5.32 Å². The number of aryl methyl sites for hydroxylation is 1. The monoisotopic (exact) mass is 307 g/mol. The van der Waals surface area contributed by atoms with Crippen LogP contribution in [0.1, 0.15) is 22.3 Å². The third-order valence-corrected chi connectivity index (χ3v) is 5.03. The van der Waals surface area contributed by atoms with Crippen LogP contribution in [0.3, 0.4) is 0 Å². The van der Waals surface area contributed by atoms with E-state index in [9.17, 15) is 4.79 Å². The Bertz CT molecular complexity index is 729. The minimum atomic E-state index is 0.138. The van der Waals surface area contributed by atoms with Crippen molar-refractivity contribution in [2.45, 2.75) is 19.4 Å². The summed E-state index contributed by atoms with van der Waals surface area (Å²) in [6.45, 7) is 4.91. The Morgan fingerprint density at radius 1 is 1.30 bits per heavy atom. The van der Waals surface area contributed by atoms with Gasteiger partial charge in [0.15, 0.2) is 0 Å². The SMILES string of the molecule is Cc1ccc(-c2ccccn2)c(C(=O)N2C[C@@H]3CCNC[C@@H]32)c1. The Hall–Kier alpha value is -2.20. The van der Waals surface area contributed by atoms with Crippen molar-refractivity contribution in [3.05, 3.63) is 53.7 Å². The van der Waals surface area contributed by atoms with Crippen LogP contribution in [0.2, 0.25) is 0 Å². The van der Waals surface area contributed by atoms with E-state index >= 15 is 0 Å². The third kappa shape index (κ3) is 2.53. The van der Waals surface area contributed by atoms with Crippen LogP contribution in [0.15, 0.2) is 42.6 Å². The number of piperidine rings is 1. The van der Waals surface area contributed by atoms with E-state index in [1.165, 1.54) is 6.42 Å². The number of nitrogens with zero attached hydrogens (tertiary/aromatic N) is 2. The van der Waals surface area contributed by atoms with Crippen molar-refractivity contribution in [1.29, 1.82) is 0 Å². The molecule has 2 aliphatic rings. The normalized spacial score (nSPS) is 23.1. The minimum Gasteiger partial charge on any atom is -0.334 e. The molecular weight excluding hydrogens is 286 g/mol. The molecule has 0 bridgehead atoms. The van der Waals surface area contributed by atoms with Gasteiger partial charge in [-0.2, -0.15) is 0 Å². The molecule has 118 valence electrons. The number of fused-ring (bicyclic) bond motifs is 1. The lowest BCUT2D eigenvalue weighted by Gasteiger charge is -2.51. The molecule has 4 heteroatoms. The van der Waals surface area contributed by atoms with Crippen LogP contribution in [0.5, 0.6) is 0 Å². The number of carbonyl (C=O) groups is 1. The molecule has 0 unspecified atom stereocenters. The molecule has 0 aliphatic carbocycles. The van der Waals surface area contributed by atoms with Gasteiger partial charge in [-0.15, -0.1) is 0 Å². The van der Waals surface area contributed by atoms with E-state index < -0.39 is 0 Å². The van der Waals surface area contributed by atoms with Gasteiger partial charge in [0.25, 0.3) is 5.91 Å². The highest BCUT2D eigenvalue weighted by molar-refractivity contribution is 6.01. The summed E-state index contributed by atoms with van der Waals surface area (Å²) in [5, 5.41) is 3.40. The number of nitrogens with one attached hydrogen (secondary N) is 1. The molecule has 1 aromatic heterocycles. The van der Waals surface area contributed by atoms with Crippen molar-refractivity contribution in [1.82, 2.24) is 15.2 Å². The zero-order valence-corrected chi connectivity index (χ0v) is 13.3. The predicted molar refractivity (Wildman–Crippen MR) is 90.2 cm³/mol. The molecule has 0 radical (unpaired) electrons. The van der Waals surface area contributed by atoms with E-state index in [0.717, 1.165) is 42.0 Å². The van der Waals surface area contributed by atoms with Crippen molar-refractivity contribution in [3.63, 3.8) is 0 Å². The standard InChI is InChI=1S/C19H21N3O/c1-13-5-6-15(17-4-2-3-8-21-17)16(10-13)19(23)22-12-14-7-9-20-11-18(14)22/h2-6,8,10,14,18,20H,7,9,11-12H2,1H3/t14-,18-/m0/s1. The van der Waals surface area contributed by atoms with Crippen LogP contribution in [-0.2, 0) is 0 Å². The van der Waals surface area contributed by atoms with E-state index in [4.69, 9.17) is 0 Å². The average molecular weight is 307 g/mol. The maximum Gasteiger partial charge on any atom is 0.254 e. The summed E-state index contributed by atoms with van der Waals surface area (Å²) < 4.78 is 0. The van der Waals surface area contributed by atoms with Gasteiger partial charge in [0, 0.05) is 36.5 Å². The van der Waals surface area contributed by atoms with Gasteiger partial charge in [-0.1, -0.05) is 23.8 Å². The zero-order valence-electron chi connectivity index (χ0n) is 13.3. The fraction of sp³-hybridized carbons (Fsp3) is 0.368. The van der Waals surface area contributed by atoms with Crippen LogP contribution >= 0.6 is 0 Å². The number of pyridine rings is 1. The second-order valence-corrected chi connectivity index (χ2v) is 6.54. The van der Waals surface area contributed by atoms with E-state index in [-0.39, 0.29) is 5.91 Å². The maximum absolute atomic E-state index is 13.1. The Morgan fingerprint density at radius 3 is 3.00 bits per heavy atom. The third-order valence-electron chi connectivity index (χ3n) is 5.03. The number of aromatic nitrogens is 1. The summed E-state index contributed by atoms with van der Waals surface area (Å²) in [6, 6.07) is 12.2. The number of hydrogen-bond acceptors (Lipinski definition) is 3. The summed E-state index contributed by atoms with van der Waals surface area (Å²) in [6.07, 6.45) is 2.95. The first-order valence-electron chi connectivity index (χ1n) is 8.28. The minimum absolute atomic E-state index is 0.138. The Kier molecular flexibility index (Phi) is 3.62. The molecule has 2 saturated heterocycles. The molecular formula is C19H21N3O. The van der Waals surface area contributed by atoms with Crippen LogP contribution in [0.4, 0.5) is 0 Å². The first kappa shape index (κ1) is 14.4. The van der Waals surface area contributed by atoms with Crippen LogP contribution in [0, 0.1) is 12.8 Å². The number of rotatable bonds is 2. The van der Waals surface area contributed by atoms with Gasteiger partial charge in [-0.05, 0) is 44.0 Å². The first-order chi connectivity index (χ1) is 11.2. The molecule has 3 heterocycles. The number of likely N-dealkylation sites (tertiary alicyclic amines) is 1. The maximum atomic E-state index is 13.1. The molecule has 2 atom stereocenters. The summed E-state index contributed by atoms with van der Waals surface area (Å²) >= 11 is 0. The topological polar surface area (TPSA) is 45.2 Å². The summed E-state index contributed by atoms with van der Waals surface area (Å²) in [4.78, 5) is 19.5. The van der Waals surface area contributed by atoms with Gasteiger partial charge >= 0.3 is 0 Å². The van der Waals surface area contributed by atoms with Gasteiger partial charge in [0.1, 0.15) is 0 Å². The van der Waals surface area contributed by atoms with Gasteiger partial charge < -0.3 is 10.2 Å².